The summed E-state index contributed by atoms with van der Waals surface area (Å²) in [7, 11) is 0. The molecule has 5 aromatic rings. The van der Waals surface area contributed by atoms with E-state index in [0.717, 1.165) is 16.5 Å². The Morgan fingerprint density at radius 2 is 1.33 bits per heavy atom. The number of carbonyl (C=O) groups excluding carboxylic acids is 7. The summed E-state index contributed by atoms with van der Waals surface area (Å²) in [6, 6.07) is 23.1. The molecule has 0 spiro atoms. The number of aromatic nitrogens is 1. The van der Waals surface area contributed by atoms with Gasteiger partial charge in [0, 0.05) is 41.6 Å². The largest absolute Gasteiger partial charge is 0.508 e. The maximum atomic E-state index is 14.7. The standard InChI is InChI=1S/C53H61N9O10S/c1-2-3-17-39(48(68)59-42(27-44(64)65)50(70)58-40(46(55)66)25-31-14-8-5-9-15-31)57-49(69)41(26-33-28-56-38-18-11-10-16-35(33)38)60-51(71)43-29-73-53-36(23-30-12-6-4-7-13-30)45(52(72)62(43)53)61-47(67)37(54)24-32-19-21-34(63)22-20-32/h4-16,18-22,28,36-37,39-43,45,53,56,63H,2-3,17,23-27,29,54H2,1H3,(H2,55,66)(H,57,69)(H,58,70)(H,59,68)(H,60,71)(H,61,67)(H,64,65)/t36-,37+,39+,40+,41-,42+,43+,45+,53+/m1/s1. The van der Waals surface area contributed by atoms with E-state index in [4.69, 9.17) is 11.5 Å². The van der Waals surface area contributed by atoms with Gasteiger partial charge < -0.3 is 58.1 Å². The highest BCUT2D eigenvalue weighted by molar-refractivity contribution is 8.00. The monoisotopic (exact) mass is 1020 g/mol. The van der Waals surface area contributed by atoms with Crippen molar-refractivity contribution in [2.45, 2.75) is 106 Å². The number of aliphatic carboxylic acids is 1. The van der Waals surface area contributed by atoms with Gasteiger partial charge in [0.2, 0.25) is 41.4 Å². The zero-order chi connectivity index (χ0) is 52.2. The van der Waals surface area contributed by atoms with Crippen molar-refractivity contribution in [3.63, 3.8) is 0 Å². The number of carboxylic acids is 1. The third kappa shape index (κ3) is 13.6. The topological polar surface area (TPSA) is 308 Å². The lowest BCUT2D eigenvalue weighted by Crippen LogP contribution is -2.60. The molecule has 4 aromatic carbocycles. The average molecular weight is 1020 g/mol. The fourth-order valence-electron chi connectivity index (χ4n) is 9.31. The first-order valence-corrected chi connectivity index (χ1v) is 25.3. The molecule has 19 nitrogen and oxygen atoms in total. The van der Waals surface area contributed by atoms with E-state index in [0.29, 0.717) is 36.0 Å². The summed E-state index contributed by atoms with van der Waals surface area (Å²) in [5, 5.41) is 33.2. The second kappa shape index (κ2) is 24.6. The number of nitrogens with zero attached hydrogens (tertiary/aromatic N) is 1. The van der Waals surface area contributed by atoms with E-state index in [9.17, 15) is 48.6 Å². The number of nitrogens with one attached hydrogen (secondary N) is 6. The number of para-hydroxylation sites is 1. The molecule has 0 aliphatic carbocycles. The SMILES string of the molecule is CCCC[C@H](NC(=O)[C@@H](Cc1c[nH]c2ccccc12)NC(=O)[C@@H]1CS[C@H]2[C@H](Cc3ccccc3)[C@H](NC(=O)[C@@H](N)Cc3ccc(O)cc3)C(=O)N12)C(=O)N[C@@H](CC(=O)O)C(=O)N[C@@H](Cc1ccccc1)C(N)=O. The predicted octanol–water partition coefficient (Wildman–Crippen LogP) is 1.95. The molecule has 20 heteroatoms. The van der Waals surface area contributed by atoms with Crippen molar-refractivity contribution >= 4 is 70.0 Å². The molecule has 0 bridgehead atoms. The van der Waals surface area contributed by atoms with Gasteiger partial charge in [0.1, 0.15) is 42.0 Å². The number of carbonyl (C=O) groups is 8. The number of aromatic hydroxyl groups is 1. The zero-order valence-electron chi connectivity index (χ0n) is 40.2. The van der Waals surface area contributed by atoms with Crippen molar-refractivity contribution in [2.24, 2.45) is 17.4 Å². The van der Waals surface area contributed by atoms with Gasteiger partial charge in [-0.25, -0.2) is 0 Å². The number of phenolic OH excluding ortho intramolecular Hbond substituents is 1. The highest BCUT2D eigenvalue weighted by Crippen LogP contribution is 2.43. The molecule has 0 unspecified atom stereocenters. The van der Waals surface area contributed by atoms with Crippen LogP contribution in [0.3, 0.4) is 0 Å². The molecule has 7 amide bonds. The number of unbranched alkanes of at least 4 members (excludes halogenated alkanes) is 1. The van der Waals surface area contributed by atoms with Crippen LogP contribution >= 0.6 is 11.8 Å². The van der Waals surface area contributed by atoms with Gasteiger partial charge >= 0.3 is 5.97 Å². The van der Waals surface area contributed by atoms with Crippen LogP contribution in [-0.2, 0) is 64.0 Å². The molecule has 2 saturated heterocycles. The molecule has 73 heavy (non-hydrogen) atoms. The fourth-order valence-corrected chi connectivity index (χ4v) is 10.9. The van der Waals surface area contributed by atoms with Crippen molar-refractivity contribution in [3.05, 3.63) is 138 Å². The minimum Gasteiger partial charge on any atom is -0.508 e. The fraction of sp³-hybridized carbons (Fsp3) is 0.358. The van der Waals surface area contributed by atoms with Gasteiger partial charge in [-0.1, -0.05) is 111 Å². The van der Waals surface area contributed by atoms with Gasteiger partial charge in [0.15, 0.2) is 0 Å². The number of hydrogen-bond acceptors (Lipinski definition) is 11. The molecule has 2 aliphatic rings. The summed E-state index contributed by atoms with van der Waals surface area (Å²) < 4.78 is 0. The van der Waals surface area contributed by atoms with Gasteiger partial charge in [-0.05, 0) is 59.7 Å². The summed E-state index contributed by atoms with van der Waals surface area (Å²) in [5.74, 6) is -6.88. The number of benzene rings is 4. The molecular weight excluding hydrogens is 955 g/mol. The smallest absolute Gasteiger partial charge is 0.305 e. The van der Waals surface area contributed by atoms with Crippen LogP contribution in [-0.4, -0.2) is 121 Å². The summed E-state index contributed by atoms with van der Waals surface area (Å²) >= 11 is 1.39. The molecule has 2 aliphatic heterocycles. The maximum absolute atomic E-state index is 14.7. The lowest BCUT2D eigenvalue weighted by molar-refractivity contribution is -0.141. The third-order valence-electron chi connectivity index (χ3n) is 13.2. The van der Waals surface area contributed by atoms with Crippen LogP contribution < -0.4 is 38.1 Å². The van der Waals surface area contributed by atoms with Crippen LogP contribution in [0.2, 0.25) is 0 Å². The van der Waals surface area contributed by atoms with Gasteiger partial charge in [-0.15, -0.1) is 11.8 Å². The Morgan fingerprint density at radius 3 is 2.00 bits per heavy atom. The van der Waals surface area contributed by atoms with Gasteiger partial charge in [0.25, 0.3) is 0 Å². The van der Waals surface area contributed by atoms with E-state index in [-0.39, 0.29) is 37.2 Å². The number of phenols is 1. The van der Waals surface area contributed by atoms with Gasteiger partial charge in [-0.2, -0.15) is 0 Å². The Balaban J connectivity index is 1.11. The summed E-state index contributed by atoms with van der Waals surface area (Å²) in [5.41, 5.74) is 15.7. The van der Waals surface area contributed by atoms with Gasteiger partial charge in [0.05, 0.1) is 17.8 Å². The molecule has 0 radical (unpaired) electrons. The Kier molecular flexibility index (Phi) is 17.9. The lowest BCUT2D eigenvalue weighted by atomic mass is 9.94. The number of nitrogens with two attached hydrogens (primary N) is 2. The van der Waals surface area contributed by atoms with Crippen LogP contribution in [0.25, 0.3) is 10.9 Å². The van der Waals surface area contributed by atoms with E-state index in [1.54, 1.807) is 48.7 Å². The highest BCUT2D eigenvalue weighted by Gasteiger charge is 2.56. The number of thioether (sulfide) groups is 1. The quantitative estimate of drug-likeness (QED) is 0.0424. The molecule has 7 rings (SSSR count). The molecule has 3 heterocycles. The van der Waals surface area contributed by atoms with Crippen LogP contribution in [0.5, 0.6) is 5.75 Å². The van der Waals surface area contributed by atoms with Crippen LogP contribution in [0.15, 0.2) is 115 Å². The van der Waals surface area contributed by atoms with Crippen molar-refractivity contribution < 1.29 is 48.6 Å². The Bertz CT molecular complexity index is 2780. The lowest BCUT2D eigenvalue weighted by Gasteiger charge is -2.28. The summed E-state index contributed by atoms with van der Waals surface area (Å²) in [6.45, 7) is 1.87. The Hall–Kier alpha value is -7.71. The molecule has 384 valence electrons. The predicted molar refractivity (Wildman–Crippen MR) is 273 cm³/mol. The van der Waals surface area contributed by atoms with Crippen LogP contribution in [0, 0.1) is 5.92 Å². The minimum atomic E-state index is -1.68. The van der Waals surface area contributed by atoms with Crippen molar-refractivity contribution in [2.75, 3.05) is 5.75 Å². The number of aromatic amines is 1. The first-order chi connectivity index (χ1) is 35.1. The molecule has 2 fully saturated rings. The number of H-pyrrole nitrogens is 1. The number of fused-ring (bicyclic) bond motifs is 2. The van der Waals surface area contributed by atoms with E-state index in [1.807, 2.05) is 61.5 Å². The Morgan fingerprint density at radius 1 is 0.726 bits per heavy atom. The van der Waals surface area contributed by atoms with E-state index < -0.39 is 107 Å². The van der Waals surface area contributed by atoms with E-state index >= 15 is 0 Å². The number of primary amides is 1. The molecule has 1 aromatic heterocycles. The zero-order valence-corrected chi connectivity index (χ0v) is 41.0. The maximum Gasteiger partial charge on any atom is 0.305 e. The molecule has 9 atom stereocenters. The Labute approximate surface area is 426 Å². The third-order valence-corrected chi connectivity index (χ3v) is 14.6. The van der Waals surface area contributed by atoms with Crippen LogP contribution in [0.4, 0.5) is 0 Å². The second-order valence-electron chi connectivity index (χ2n) is 18.4. The molecule has 0 saturated carbocycles. The highest BCUT2D eigenvalue weighted by atomic mass is 32.2. The minimum absolute atomic E-state index is 0.00360. The number of rotatable bonds is 24. The van der Waals surface area contributed by atoms with Crippen LogP contribution in [0.1, 0.15) is 54.9 Å². The second-order valence-corrected chi connectivity index (χ2v) is 19.6. The van der Waals surface area contributed by atoms with E-state index in [2.05, 4.69) is 31.6 Å². The number of carboxylic acid groups (broad SMARTS) is 1. The van der Waals surface area contributed by atoms with Crippen molar-refractivity contribution in [3.8, 4) is 5.75 Å². The summed E-state index contributed by atoms with van der Waals surface area (Å²) in [4.78, 5) is 115. The summed E-state index contributed by atoms with van der Waals surface area (Å²) in [6.07, 6.45) is 2.40. The first-order valence-electron chi connectivity index (χ1n) is 24.2. The van der Waals surface area contributed by atoms with Crippen molar-refractivity contribution in [1.82, 2.24) is 36.5 Å². The van der Waals surface area contributed by atoms with E-state index in [1.165, 1.54) is 28.8 Å². The average Bonchev–Trinajstić information content (AvgIpc) is 4.07. The first kappa shape index (κ1) is 53.1. The van der Waals surface area contributed by atoms with Gasteiger partial charge in [-0.3, -0.25) is 38.4 Å². The molecule has 12 N–H and O–H groups in total. The van der Waals surface area contributed by atoms with Crippen molar-refractivity contribution in [1.29, 1.82) is 0 Å². The number of amides is 7. The molecular formula is C53H61N9O10S. The number of hydrogen-bond donors (Lipinski definition) is 10. The normalized spacial score (nSPS) is 19.2.